The Hall–Kier alpha value is -1.32. The SMILES string of the molecule is O=C(Nc1nnc(N=Cc2ccc(Br)s2)s1)c1ccc(Cl)cc1Cl. The highest BCUT2D eigenvalue weighted by Crippen LogP contribution is 2.26. The molecule has 0 fully saturated rings. The first-order chi connectivity index (χ1) is 11.5. The van der Waals surface area contributed by atoms with Gasteiger partial charge in [0.15, 0.2) is 0 Å². The molecule has 1 aromatic carbocycles. The van der Waals surface area contributed by atoms with Crippen molar-refractivity contribution >= 4 is 84.2 Å². The van der Waals surface area contributed by atoms with Gasteiger partial charge in [-0.2, -0.15) is 0 Å². The summed E-state index contributed by atoms with van der Waals surface area (Å²) in [6.45, 7) is 0. The molecule has 2 heterocycles. The van der Waals surface area contributed by atoms with Crippen LogP contribution in [0.5, 0.6) is 0 Å². The van der Waals surface area contributed by atoms with Crippen LogP contribution in [0.3, 0.4) is 0 Å². The van der Waals surface area contributed by atoms with Crippen LogP contribution in [-0.4, -0.2) is 22.3 Å². The zero-order valence-corrected chi connectivity index (χ0v) is 16.4. The van der Waals surface area contributed by atoms with Crippen LogP contribution in [-0.2, 0) is 0 Å². The molecule has 0 aliphatic rings. The fraction of sp³-hybridized carbons (Fsp3) is 0. The highest BCUT2D eigenvalue weighted by atomic mass is 79.9. The van der Waals surface area contributed by atoms with Gasteiger partial charge in [0.05, 0.1) is 14.4 Å². The predicted octanol–water partition coefficient (Wildman–Crippen LogP) is 5.67. The summed E-state index contributed by atoms with van der Waals surface area (Å²) >= 11 is 17.9. The minimum absolute atomic E-state index is 0.269. The first-order valence-corrected chi connectivity index (χ1v) is 9.59. The van der Waals surface area contributed by atoms with Crippen molar-refractivity contribution in [3.8, 4) is 0 Å². The van der Waals surface area contributed by atoms with Gasteiger partial charge in [0.25, 0.3) is 5.91 Å². The van der Waals surface area contributed by atoms with E-state index in [1.54, 1.807) is 29.7 Å². The molecular weight excluding hydrogens is 455 g/mol. The molecule has 0 spiro atoms. The van der Waals surface area contributed by atoms with E-state index < -0.39 is 0 Å². The number of thiophene rings is 1. The fourth-order valence-electron chi connectivity index (χ4n) is 1.67. The number of nitrogens with zero attached hydrogens (tertiary/aromatic N) is 3. The Bertz CT molecular complexity index is 925. The summed E-state index contributed by atoms with van der Waals surface area (Å²) < 4.78 is 1.02. The molecule has 0 saturated carbocycles. The molecule has 1 amide bonds. The van der Waals surface area contributed by atoms with E-state index in [2.05, 4.69) is 36.4 Å². The summed E-state index contributed by atoms with van der Waals surface area (Å²) in [6.07, 6.45) is 1.69. The second-order valence-corrected chi connectivity index (χ2v) is 8.66. The summed E-state index contributed by atoms with van der Waals surface area (Å²) in [5.74, 6) is -0.384. The van der Waals surface area contributed by atoms with Crippen LogP contribution < -0.4 is 5.32 Å². The van der Waals surface area contributed by atoms with E-state index in [0.717, 1.165) is 20.0 Å². The zero-order chi connectivity index (χ0) is 17.1. The standard InChI is InChI=1S/C14H7BrCl2N4OS2/c15-11-4-2-8(23-11)6-18-13-20-21-14(24-13)19-12(22)9-3-1-7(16)5-10(9)17/h1-6H,(H,19,21,22). The molecule has 2 aromatic heterocycles. The van der Waals surface area contributed by atoms with Crippen molar-refractivity contribution in [3.63, 3.8) is 0 Å². The van der Waals surface area contributed by atoms with E-state index in [1.807, 2.05) is 12.1 Å². The van der Waals surface area contributed by atoms with Gasteiger partial charge in [0.2, 0.25) is 10.3 Å². The number of hydrogen-bond donors (Lipinski definition) is 1. The number of aliphatic imine (C=N–C) groups is 1. The number of halogens is 3. The van der Waals surface area contributed by atoms with E-state index in [1.165, 1.54) is 6.07 Å². The molecule has 3 aromatic rings. The van der Waals surface area contributed by atoms with E-state index >= 15 is 0 Å². The maximum absolute atomic E-state index is 12.2. The van der Waals surface area contributed by atoms with Crippen molar-refractivity contribution in [2.24, 2.45) is 4.99 Å². The molecule has 10 heteroatoms. The molecule has 122 valence electrons. The highest BCUT2D eigenvalue weighted by Gasteiger charge is 2.13. The lowest BCUT2D eigenvalue weighted by Crippen LogP contribution is -2.12. The maximum Gasteiger partial charge on any atom is 0.259 e. The van der Waals surface area contributed by atoms with Gasteiger partial charge in [0, 0.05) is 16.1 Å². The van der Waals surface area contributed by atoms with Crippen molar-refractivity contribution in [1.82, 2.24) is 10.2 Å². The highest BCUT2D eigenvalue weighted by molar-refractivity contribution is 9.11. The summed E-state index contributed by atoms with van der Waals surface area (Å²) in [5.41, 5.74) is 0.310. The van der Waals surface area contributed by atoms with Gasteiger partial charge in [-0.1, -0.05) is 34.5 Å². The average Bonchev–Trinajstić information content (AvgIpc) is 3.14. The monoisotopic (exact) mass is 460 g/mol. The second-order valence-electron chi connectivity index (χ2n) is 4.37. The van der Waals surface area contributed by atoms with Crippen LogP contribution in [0.1, 0.15) is 15.2 Å². The largest absolute Gasteiger partial charge is 0.296 e. The van der Waals surface area contributed by atoms with Gasteiger partial charge >= 0.3 is 0 Å². The van der Waals surface area contributed by atoms with Crippen LogP contribution in [0.4, 0.5) is 10.3 Å². The van der Waals surface area contributed by atoms with Crippen molar-refractivity contribution in [2.45, 2.75) is 0 Å². The van der Waals surface area contributed by atoms with E-state index in [4.69, 9.17) is 23.2 Å². The van der Waals surface area contributed by atoms with Crippen molar-refractivity contribution in [1.29, 1.82) is 0 Å². The number of carbonyl (C=O) groups excluding carboxylic acids is 1. The van der Waals surface area contributed by atoms with Gasteiger partial charge in [-0.15, -0.1) is 21.5 Å². The molecular formula is C14H7BrCl2N4OS2. The normalized spacial score (nSPS) is 11.1. The van der Waals surface area contributed by atoms with Crippen LogP contribution in [0.15, 0.2) is 39.1 Å². The third-order valence-electron chi connectivity index (χ3n) is 2.71. The van der Waals surface area contributed by atoms with Crippen LogP contribution in [0, 0.1) is 0 Å². The summed E-state index contributed by atoms with van der Waals surface area (Å²) in [7, 11) is 0. The number of hydrogen-bond acceptors (Lipinski definition) is 6. The molecule has 0 bridgehead atoms. The molecule has 0 aliphatic heterocycles. The zero-order valence-electron chi connectivity index (χ0n) is 11.7. The third-order valence-corrected chi connectivity index (χ3v) is 5.56. The minimum Gasteiger partial charge on any atom is -0.296 e. The molecule has 3 rings (SSSR count). The third kappa shape index (κ3) is 4.40. The molecule has 0 atom stereocenters. The smallest absolute Gasteiger partial charge is 0.259 e. The number of benzene rings is 1. The second kappa shape index (κ2) is 7.71. The molecule has 5 nitrogen and oxygen atoms in total. The van der Waals surface area contributed by atoms with E-state index in [9.17, 15) is 4.79 Å². The van der Waals surface area contributed by atoms with Crippen LogP contribution in [0.2, 0.25) is 10.0 Å². The first kappa shape index (κ1) is 17.5. The van der Waals surface area contributed by atoms with E-state index in [0.29, 0.717) is 20.8 Å². The molecule has 0 aliphatic carbocycles. The van der Waals surface area contributed by atoms with Gasteiger partial charge in [-0.3, -0.25) is 10.1 Å². The number of carbonyl (C=O) groups is 1. The van der Waals surface area contributed by atoms with Gasteiger partial charge < -0.3 is 0 Å². The van der Waals surface area contributed by atoms with Crippen molar-refractivity contribution < 1.29 is 4.79 Å². The van der Waals surface area contributed by atoms with Crippen molar-refractivity contribution in [2.75, 3.05) is 5.32 Å². The Kier molecular flexibility index (Phi) is 5.62. The Morgan fingerprint density at radius 1 is 1.21 bits per heavy atom. The topological polar surface area (TPSA) is 67.2 Å². The number of aromatic nitrogens is 2. The lowest BCUT2D eigenvalue weighted by atomic mass is 10.2. The van der Waals surface area contributed by atoms with Gasteiger partial charge in [-0.05, 0) is 46.3 Å². The Labute approximate surface area is 163 Å². The van der Waals surface area contributed by atoms with Crippen LogP contribution in [0.25, 0.3) is 0 Å². The summed E-state index contributed by atoms with van der Waals surface area (Å²) in [5, 5.41) is 12.0. The number of anilines is 1. The number of amides is 1. The lowest BCUT2D eigenvalue weighted by molar-refractivity contribution is 0.102. The molecule has 0 radical (unpaired) electrons. The fourth-order valence-corrected chi connectivity index (χ4v) is 4.05. The maximum atomic E-state index is 12.2. The molecule has 0 saturated heterocycles. The predicted molar refractivity (Wildman–Crippen MR) is 104 cm³/mol. The Morgan fingerprint density at radius 3 is 2.75 bits per heavy atom. The molecule has 0 unspecified atom stereocenters. The summed E-state index contributed by atoms with van der Waals surface area (Å²) in [6, 6.07) is 8.53. The molecule has 1 N–H and O–H groups in total. The first-order valence-electron chi connectivity index (χ1n) is 6.40. The van der Waals surface area contributed by atoms with E-state index in [-0.39, 0.29) is 10.9 Å². The van der Waals surface area contributed by atoms with Gasteiger partial charge in [-0.25, -0.2) is 4.99 Å². The Morgan fingerprint density at radius 2 is 2.04 bits per heavy atom. The minimum atomic E-state index is -0.384. The van der Waals surface area contributed by atoms with Crippen molar-refractivity contribution in [3.05, 3.63) is 54.6 Å². The Balaban J connectivity index is 1.69. The quantitative estimate of drug-likeness (QED) is 0.508. The number of nitrogens with one attached hydrogen (secondary N) is 1. The lowest BCUT2D eigenvalue weighted by Gasteiger charge is -2.03. The van der Waals surface area contributed by atoms with Crippen LogP contribution >= 0.6 is 61.8 Å². The average molecular weight is 462 g/mol. The summed E-state index contributed by atoms with van der Waals surface area (Å²) in [4.78, 5) is 17.4. The molecule has 24 heavy (non-hydrogen) atoms. The number of rotatable bonds is 4. The van der Waals surface area contributed by atoms with Gasteiger partial charge in [0.1, 0.15) is 0 Å².